The van der Waals surface area contributed by atoms with Gasteiger partial charge in [-0.25, -0.2) is 21.6 Å². The largest absolute Gasteiger partial charge is 0.313 e. The fourth-order valence-corrected chi connectivity index (χ4v) is 3.72. The molecule has 1 aromatic carbocycles. The van der Waals surface area contributed by atoms with Crippen molar-refractivity contribution in [1.82, 2.24) is 9.62 Å². The minimum atomic E-state index is -4.31. The molecule has 1 aromatic rings. The van der Waals surface area contributed by atoms with E-state index in [1.165, 1.54) is 0 Å². The monoisotopic (exact) mass is 294 g/mol. The van der Waals surface area contributed by atoms with Crippen LogP contribution in [0.15, 0.2) is 17.0 Å². The average Bonchev–Trinajstić information content (AvgIpc) is 2.20. The molecule has 0 radical (unpaired) electrons. The number of rotatable bonds is 4. The summed E-state index contributed by atoms with van der Waals surface area (Å²) >= 11 is 0. The zero-order chi connectivity index (χ0) is 14.2. The lowest BCUT2D eigenvalue weighted by Gasteiger charge is -2.36. The number of hydrogen-bond acceptors (Lipinski definition) is 3. The number of sulfonamides is 1. The average molecular weight is 294 g/mol. The maximum atomic E-state index is 13.6. The number of hydrogen-bond donors (Lipinski definition) is 1. The Morgan fingerprint density at radius 2 is 1.79 bits per heavy atom. The second-order valence-corrected chi connectivity index (χ2v) is 6.05. The molecule has 0 saturated carbocycles. The van der Waals surface area contributed by atoms with Crippen LogP contribution in [0.3, 0.4) is 0 Å². The Morgan fingerprint density at radius 3 is 2.16 bits per heavy atom. The van der Waals surface area contributed by atoms with Crippen molar-refractivity contribution in [2.24, 2.45) is 0 Å². The van der Waals surface area contributed by atoms with E-state index in [0.29, 0.717) is 25.2 Å². The summed E-state index contributed by atoms with van der Waals surface area (Å²) in [6.45, 7) is 2.52. The van der Waals surface area contributed by atoms with Crippen LogP contribution < -0.4 is 5.32 Å². The van der Waals surface area contributed by atoms with E-state index in [2.05, 4.69) is 5.32 Å². The van der Waals surface area contributed by atoms with Crippen molar-refractivity contribution in [3.05, 3.63) is 29.6 Å². The molecule has 0 aromatic heterocycles. The van der Waals surface area contributed by atoms with E-state index in [-0.39, 0.29) is 12.6 Å². The molecule has 0 unspecified atom stereocenters. The molecular weight excluding hydrogens is 281 g/mol. The first-order valence-electron chi connectivity index (χ1n) is 5.75. The summed E-state index contributed by atoms with van der Waals surface area (Å²) in [5.74, 6) is -3.98. The minimum absolute atomic E-state index is 0.0882. The number of benzene rings is 1. The van der Waals surface area contributed by atoms with Crippen molar-refractivity contribution in [3.8, 4) is 0 Å². The summed E-state index contributed by atoms with van der Waals surface area (Å²) in [4.78, 5) is -1.09. The van der Waals surface area contributed by atoms with Gasteiger partial charge in [0.25, 0.3) is 0 Å². The second kappa shape index (κ2) is 5.10. The molecule has 106 valence electrons. The Balaban J connectivity index is 2.49. The van der Waals surface area contributed by atoms with Gasteiger partial charge in [0.05, 0.1) is 6.04 Å². The zero-order valence-corrected chi connectivity index (χ0v) is 11.0. The zero-order valence-electron chi connectivity index (χ0n) is 10.2. The van der Waals surface area contributed by atoms with Gasteiger partial charge in [0.1, 0.15) is 17.5 Å². The van der Waals surface area contributed by atoms with E-state index < -0.39 is 32.4 Å². The smallest absolute Gasteiger partial charge is 0.249 e. The summed E-state index contributed by atoms with van der Waals surface area (Å²) < 4.78 is 65.5. The Kier molecular flexibility index (Phi) is 3.84. The highest BCUT2D eigenvalue weighted by Gasteiger charge is 2.37. The summed E-state index contributed by atoms with van der Waals surface area (Å²) in [6.07, 6.45) is 0. The van der Waals surface area contributed by atoms with Gasteiger partial charge < -0.3 is 5.32 Å². The Labute approximate surface area is 109 Å². The van der Waals surface area contributed by atoms with Gasteiger partial charge in [-0.3, -0.25) is 0 Å². The molecule has 1 aliphatic heterocycles. The first kappa shape index (κ1) is 14.3. The maximum absolute atomic E-state index is 13.6. The van der Waals surface area contributed by atoms with Crippen molar-refractivity contribution < 1.29 is 21.6 Å². The summed E-state index contributed by atoms with van der Waals surface area (Å²) in [5, 5.41) is 2.88. The second-order valence-electron chi connectivity index (χ2n) is 4.22. The molecular formula is C11H13F3N2O2S. The topological polar surface area (TPSA) is 49.4 Å². The van der Waals surface area contributed by atoms with Gasteiger partial charge in [0.2, 0.25) is 10.0 Å². The summed E-state index contributed by atoms with van der Waals surface area (Å²) in [7, 11) is -4.31. The molecule has 4 nitrogen and oxygen atoms in total. The highest BCUT2D eigenvalue weighted by Crippen LogP contribution is 2.25. The van der Waals surface area contributed by atoms with Crippen molar-refractivity contribution in [1.29, 1.82) is 0 Å². The Bertz CT molecular complexity index is 565. The number of halogens is 3. The third-order valence-corrected chi connectivity index (χ3v) is 5.09. The molecule has 8 heteroatoms. The molecule has 0 aliphatic carbocycles. The summed E-state index contributed by atoms with van der Waals surface area (Å²) in [5.41, 5.74) is 0. The lowest BCUT2D eigenvalue weighted by Crippen LogP contribution is -2.58. The predicted octanol–water partition coefficient (Wildman–Crippen LogP) is 1.09. The normalized spacial score (nSPS) is 16.7. The van der Waals surface area contributed by atoms with Crippen molar-refractivity contribution >= 4 is 10.0 Å². The van der Waals surface area contributed by atoms with Crippen LogP contribution in [0.5, 0.6) is 0 Å². The van der Waals surface area contributed by atoms with Crippen LogP contribution in [0.4, 0.5) is 13.2 Å². The molecule has 1 N–H and O–H groups in total. The summed E-state index contributed by atoms with van der Waals surface area (Å²) in [6, 6.07) is 0.393. The van der Waals surface area contributed by atoms with Crippen LogP contribution in [0.1, 0.15) is 6.92 Å². The van der Waals surface area contributed by atoms with Crippen LogP contribution >= 0.6 is 0 Å². The van der Waals surface area contributed by atoms with E-state index in [9.17, 15) is 21.6 Å². The van der Waals surface area contributed by atoms with Crippen LogP contribution in [0.2, 0.25) is 0 Å². The minimum Gasteiger partial charge on any atom is -0.313 e. The third kappa shape index (κ3) is 2.47. The quantitative estimate of drug-likeness (QED) is 0.904. The van der Waals surface area contributed by atoms with Gasteiger partial charge >= 0.3 is 0 Å². The van der Waals surface area contributed by atoms with Crippen LogP contribution in [-0.2, 0) is 10.0 Å². The Morgan fingerprint density at radius 1 is 1.26 bits per heavy atom. The molecule has 2 rings (SSSR count). The van der Waals surface area contributed by atoms with E-state index in [0.717, 1.165) is 4.31 Å². The van der Waals surface area contributed by atoms with Gasteiger partial charge in [0, 0.05) is 31.8 Å². The molecule has 1 fully saturated rings. The van der Waals surface area contributed by atoms with Crippen molar-refractivity contribution in [2.75, 3.05) is 19.6 Å². The van der Waals surface area contributed by atoms with Crippen LogP contribution in [0, 0.1) is 17.5 Å². The van der Waals surface area contributed by atoms with Crippen molar-refractivity contribution in [2.45, 2.75) is 17.9 Å². The van der Waals surface area contributed by atoms with E-state index in [1.807, 2.05) is 0 Å². The van der Waals surface area contributed by atoms with Gasteiger partial charge in [-0.05, 0) is 0 Å². The van der Waals surface area contributed by atoms with Crippen LogP contribution in [-0.4, -0.2) is 38.4 Å². The highest BCUT2D eigenvalue weighted by atomic mass is 32.2. The first-order chi connectivity index (χ1) is 8.87. The van der Waals surface area contributed by atoms with Crippen molar-refractivity contribution in [3.63, 3.8) is 0 Å². The third-order valence-electron chi connectivity index (χ3n) is 3.01. The van der Waals surface area contributed by atoms with Crippen LogP contribution in [0.25, 0.3) is 0 Å². The molecule has 0 bridgehead atoms. The Hall–Kier alpha value is -1.12. The predicted molar refractivity (Wildman–Crippen MR) is 62.5 cm³/mol. The van der Waals surface area contributed by atoms with Gasteiger partial charge in [-0.1, -0.05) is 6.92 Å². The number of nitrogens with zero attached hydrogens (tertiary/aromatic N) is 1. The standard InChI is InChI=1S/C11H13F3N2O2S/c1-2-16(8-5-15-6-8)19(17,18)11-9(13)3-7(12)4-10(11)14/h3-4,8,15H,2,5-6H2,1H3. The fourth-order valence-electron chi connectivity index (χ4n) is 1.99. The molecule has 1 aliphatic rings. The molecule has 19 heavy (non-hydrogen) atoms. The number of likely N-dealkylation sites (N-methyl/N-ethyl adjacent to an activating group) is 1. The maximum Gasteiger partial charge on any atom is 0.249 e. The fraction of sp³-hybridized carbons (Fsp3) is 0.455. The lowest BCUT2D eigenvalue weighted by molar-refractivity contribution is 0.248. The molecule has 0 amide bonds. The van der Waals surface area contributed by atoms with Gasteiger partial charge in [0.15, 0.2) is 4.90 Å². The molecule has 0 spiro atoms. The first-order valence-corrected chi connectivity index (χ1v) is 7.19. The molecule has 1 heterocycles. The van der Waals surface area contributed by atoms with E-state index >= 15 is 0 Å². The molecule has 1 saturated heterocycles. The molecule has 0 atom stereocenters. The van der Waals surface area contributed by atoms with E-state index in [1.54, 1.807) is 6.92 Å². The SMILES string of the molecule is CCN(C1CNC1)S(=O)(=O)c1c(F)cc(F)cc1F. The number of nitrogens with one attached hydrogen (secondary N) is 1. The van der Waals surface area contributed by atoms with E-state index in [4.69, 9.17) is 0 Å². The van der Waals surface area contributed by atoms with Gasteiger partial charge in [-0.15, -0.1) is 0 Å². The highest BCUT2D eigenvalue weighted by molar-refractivity contribution is 7.89. The van der Waals surface area contributed by atoms with Gasteiger partial charge in [-0.2, -0.15) is 4.31 Å². The lowest BCUT2D eigenvalue weighted by atomic mass is 10.2.